The summed E-state index contributed by atoms with van der Waals surface area (Å²) in [6.07, 6.45) is -0.144. The maximum absolute atomic E-state index is 11.9. The van der Waals surface area contributed by atoms with Crippen molar-refractivity contribution in [1.29, 1.82) is 0 Å². The largest absolute Gasteiger partial charge is 0.286 e. The lowest BCUT2D eigenvalue weighted by molar-refractivity contribution is -0.117. The molecule has 2 aromatic rings. The molecular formula is C15H10Cl2O2S2. The Bertz CT molecular complexity index is 617. The normalized spacial score (nSPS) is 10.4. The maximum atomic E-state index is 11.9. The van der Waals surface area contributed by atoms with Gasteiger partial charge in [-0.25, -0.2) is 0 Å². The van der Waals surface area contributed by atoms with Gasteiger partial charge in [-0.05, 0) is 36.4 Å². The first-order valence-corrected chi connectivity index (χ1v) is 8.34. The molecule has 0 aliphatic heterocycles. The zero-order valence-electron chi connectivity index (χ0n) is 10.7. The van der Waals surface area contributed by atoms with Crippen LogP contribution in [0.25, 0.3) is 0 Å². The highest BCUT2D eigenvalue weighted by molar-refractivity contribution is 8.15. The SMILES string of the molecule is O=C(CC(=O)Sc1cccc(Cl)c1)Sc1cccc(Cl)c1. The zero-order valence-corrected chi connectivity index (χ0v) is 13.9. The molecule has 2 aromatic carbocycles. The van der Waals surface area contributed by atoms with Crippen molar-refractivity contribution in [3.63, 3.8) is 0 Å². The third kappa shape index (κ3) is 5.75. The maximum Gasteiger partial charge on any atom is 0.202 e. The van der Waals surface area contributed by atoms with Crippen LogP contribution in [-0.4, -0.2) is 10.2 Å². The van der Waals surface area contributed by atoms with E-state index in [4.69, 9.17) is 23.2 Å². The highest BCUT2D eigenvalue weighted by Crippen LogP contribution is 2.27. The summed E-state index contributed by atoms with van der Waals surface area (Å²) >= 11 is 13.7. The Morgan fingerprint density at radius 3 is 1.62 bits per heavy atom. The Morgan fingerprint density at radius 1 is 0.810 bits per heavy atom. The first-order valence-electron chi connectivity index (χ1n) is 5.95. The minimum atomic E-state index is -0.211. The van der Waals surface area contributed by atoms with Gasteiger partial charge in [0, 0.05) is 19.8 Å². The number of rotatable bonds is 4. The van der Waals surface area contributed by atoms with Gasteiger partial charge in [0.2, 0.25) is 10.2 Å². The third-order valence-electron chi connectivity index (χ3n) is 2.34. The minimum Gasteiger partial charge on any atom is -0.286 e. The molecule has 0 fully saturated rings. The van der Waals surface area contributed by atoms with Crippen LogP contribution in [0.1, 0.15) is 6.42 Å². The first-order chi connectivity index (χ1) is 10.0. The highest BCUT2D eigenvalue weighted by atomic mass is 35.5. The summed E-state index contributed by atoms with van der Waals surface area (Å²) in [7, 11) is 0. The van der Waals surface area contributed by atoms with E-state index < -0.39 is 0 Å². The average molecular weight is 357 g/mol. The summed E-state index contributed by atoms with van der Waals surface area (Å²) in [5.41, 5.74) is 0. The number of halogens is 2. The Morgan fingerprint density at radius 2 is 1.24 bits per heavy atom. The Kier molecular flexibility index (Phi) is 6.18. The van der Waals surface area contributed by atoms with Gasteiger partial charge in [-0.3, -0.25) is 9.59 Å². The number of hydrogen-bond acceptors (Lipinski definition) is 4. The number of thioether (sulfide) groups is 2. The molecule has 0 aliphatic rings. The van der Waals surface area contributed by atoms with Crippen molar-refractivity contribution in [2.45, 2.75) is 16.2 Å². The molecule has 0 radical (unpaired) electrons. The molecule has 0 bridgehead atoms. The van der Waals surface area contributed by atoms with Gasteiger partial charge in [0.05, 0.1) is 6.42 Å². The fraction of sp³-hybridized carbons (Fsp3) is 0.0667. The summed E-state index contributed by atoms with van der Waals surface area (Å²) in [4.78, 5) is 25.2. The van der Waals surface area contributed by atoms with Crippen molar-refractivity contribution >= 4 is 57.0 Å². The van der Waals surface area contributed by atoms with Gasteiger partial charge in [0.1, 0.15) is 0 Å². The molecule has 0 unspecified atom stereocenters. The number of benzene rings is 2. The van der Waals surface area contributed by atoms with E-state index in [1.807, 2.05) is 0 Å². The second-order valence-corrected chi connectivity index (χ2v) is 7.17. The molecule has 0 amide bonds. The molecule has 0 saturated carbocycles. The number of carbonyl (C=O) groups excluding carboxylic acids is 2. The molecule has 0 atom stereocenters. The van der Waals surface area contributed by atoms with E-state index in [0.717, 1.165) is 33.3 Å². The summed E-state index contributed by atoms with van der Waals surface area (Å²) in [5, 5.41) is 0.702. The third-order valence-corrected chi connectivity index (χ3v) is 4.54. The second kappa shape index (κ2) is 7.90. The summed E-state index contributed by atoms with van der Waals surface area (Å²) in [6.45, 7) is 0. The molecule has 2 nitrogen and oxygen atoms in total. The smallest absolute Gasteiger partial charge is 0.202 e. The molecule has 0 aliphatic carbocycles. The van der Waals surface area contributed by atoms with Gasteiger partial charge in [0.25, 0.3) is 0 Å². The first kappa shape index (κ1) is 16.4. The van der Waals surface area contributed by atoms with E-state index >= 15 is 0 Å². The van der Waals surface area contributed by atoms with Gasteiger partial charge >= 0.3 is 0 Å². The number of hydrogen-bond donors (Lipinski definition) is 0. The molecule has 0 spiro atoms. The van der Waals surface area contributed by atoms with Crippen LogP contribution in [0, 0.1) is 0 Å². The highest BCUT2D eigenvalue weighted by Gasteiger charge is 2.13. The molecule has 0 saturated heterocycles. The predicted octanol–water partition coefficient (Wildman–Crippen LogP) is 5.32. The molecule has 0 heterocycles. The fourth-order valence-electron chi connectivity index (χ4n) is 1.51. The van der Waals surface area contributed by atoms with Crippen LogP contribution in [0.15, 0.2) is 58.3 Å². The van der Waals surface area contributed by atoms with E-state index in [-0.39, 0.29) is 16.7 Å². The fourth-order valence-corrected chi connectivity index (χ4v) is 3.71. The van der Waals surface area contributed by atoms with E-state index in [1.54, 1.807) is 48.5 Å². The monoisotopic (exact) mass is 356 g/mol. The molecule has 108 valence electrons. The van der Waals surface area contributed by atoms with Crippen LogP contribution in [-0.2, 0) is 9.59 Å². The van der Waals surface area contributed by atoms with Crippen LogP contribution in [0.4, 0.5) is 0 Å². The van der Waals surface area contributed by atoms with Crippen molar-refractivity contribution in [2.75, 3.05) is 0 Å². The van der Waals surface area contributed by atoms with Crippen LogP contribution >= 0.6 is 46.7 Å². The van der Waals surface area contributed by atoms with E-state index in [9.17, 15) is 9.59 Å². The summed E-state index contributed by atoms with van der Waals surface area (Å²) in [5.74, 6) is 0. The Balaban J connectivity index is 1.89. The van der Waals surface area contributed by atoms with Gasteiger partial charge in [0.15, 0.2) is 0 Å². The van der Waals surface area contributed by atoms with Crippen molar-refractivity contribution < 1.29 is 9.59 Å². The zero-order chi connectivity index (χ0) is 15.2. The van der Waals surface area contributed by atoms with Crippen molar-refractivity contribution in [1.82, 2.24) is 0 Å². The van der Waals surface area contributed by atoms with Gasteiger partial charge in [-0.15, -0.1) is 0 Å². The van der Waals surface area contributed by atoms with Gasteiger partial charge in [-0.1, -0.05) is 58.9 Å². The van der Waals surface area contributed by atoms with Gasteiger partial charge in [-0.2, -0.15) is 0 Å². The minimum absolute atomic E-state index is 0.144. The Labute approximate surface area is 141 Å². The Hall–Kier alpha value is -0.940. The lowest BCUT2D eigenvalue weighted by Gasteiger charge is -2.02. The van der Waals surface area contributed by atoms with E-state index in [2.05, 4.69) is 0 Å². The van der Waals surface area contributed by atoms with Gasteiger partial charge < -0.3 is 0 Å². The van der Waals surface area contributed by atoms with Crippen molar-refractivity contribution in [3.8, 4) is 0 Å². The molecular weight excluding hydrogens is 347 g/mol. The predicted molar refractivity (Wildman–Crippen MR) is 89.2 cm³/mol. The molecule has 0 N–H and O–H groups in total. The molecule has 2 rings (SSSR count). The van der Waals surface area contributed by atoms with Crippen LogP contribution in [0.3, 0.4) is 0 Å². The van der Waals surface area contributed by atoms with Crippen LogP contribution in [0.5, 0.6) is 0 Å². The van der Waals surface area contributed by atoms with Crippen LogP contribution < -0.4 is 0 Å². The lowest BCUT2D eigenvalue weighted by Crippen LogP contribution is -2.00. The average Bonchev–Trinajstić information content (AvgIpc) is 2.38. The van der Waals surface area contributed by atoms with Crippen LogP contribution in [0.2, 0.25) is 10.0 Å². The van der Waals surface area contributed by atoms with Crippen molar-refractivity contribution in [2.24, 2.45) is 0 Å². The quantitative estimate of drug-likeness (QED) is 0.548. The number of carbonyl (C=O) groups is 2. The second-order valence-electron chi connectivity index (χ2n) is 4.04. The van der Waals surface area contributed by atoms with Crippen molar-refractivity contribution in [3.05, 3.63) is 58.6 Å². The lowest BCUT2D eigenvalue weighted by atomic mass is 10.4. The topological polar surface area (TPSA) is 34.1 Å². The summed E-state index contributed by atoms with van der Waals surface area (Å²) in [6, 6.07) is 13.9. The molecule has 6 heteroatoms. The summed E-state index contributed by atoms with van der Waals surface area (Å²) < 4.78 is 0. The molecule has 0 aromatic heterocycles. The van der Waals surface area contributed by atoms with E-state index in [1.165, 1.54) is 0 Å². The standard InChI is InChI=1S/C15H10Cl2O2S2/c16-10-3-1-5-12(7-10)20-14(18)9-15(19)21-13-6-2-4-11(17)8-13/h1-8H,9H2. The van der Waals surface area contributed by atoms with E-state index in [0.29, 0.717) is 10.0 Å². The molecule has 21 heavy (non-hydrogen) atoms.